The molecule has 128 valence electrons. The molecule has 0 bridgehead atoms. The first kappa shape index (κ1) is 21.9. The predicted octanol–water partition coefficient (Wildman–Crippen LogP) is 3.98. The lowest BCUT2D eigenvalue weighted by Gasteiger charge is -2.35. The summed E-state index contributed by atoms with van der Waals surface area (Å²) in [7, 11) is 0. The molecule has 3 nitrogen and oxygen atoms in total. The van der Waals surface area contributed by atoms with E-state index in [1.807, 2.05) is 6.07 Å². The molecular formula is C13H19BrCl2F3N3. The van der Waals surface area contributed by atoms with E-state index in [1.54, 1.807) is 12.3 Å². The highest BCUT2D eigenvalue weighted by Crippen LogP contribution is 2.34. The van der Waals surface area contributed by atoms with Gasteiger partial charge in [0.2, 0.25) is 0 Å². The van der Waals surface area contributed by atoms with Gasteiger partial charge in [0, 0.05) is 50.4 Å². The van der Waals surface area contributed by atoms with Crippen LogP contribution in [-0.2, 0) is 0 Å². The molecule has 1 aromatic heterocycles. The number of alkyl halides is 3. The first-order valence-electron chi connectivity index (χ1n) is 6.59. The van der Waals surface area contributed by atoms with Gasteiger partial charge in [-0.1, -0.05) is 6.07 Å². The van der Waals surface area contributed by atoms with Gasteiger partial charge in [0.05, 0.1) is 0 Å². The van der Waals surface area contributed by atoms with E-state index in [2.05, 4.69) is 31.1 Å². The van der Waals surface area contributed by atoms with E-state index in [0.29, 0.717) is 4.60 Å². The Kier molecular flexibility index (Phi) is 9.89. The van der Waals surface area contributed by atoms with Crippen molar-refractivity contribution in [1.82, 2.24) is 15.2 Å². The van der Waals surface area contributed by atoms with Gasteiger partial charge in [0.25, 0.3) is 0 Å². The lowest BCUT2D eigenvalue weighted by Crippen LogP contribution is -2.45. The van der Waals surface area contributed by atoms with Crippen molar-refractivity contribution < 1.29 is 13.2 Å². The Labute approximate surface area is 149 Å². The molecule has 1 fully saturated rings. The van der Waals surface area contributed by atoms with Crippen LogP contribution < -0.4 is 5.32 Å². The highest BCUT2D eigenvalue weighted by Gasteiger charge is 2.32. The van der Waals surface area contributed by atoms with Gasteiger partial charge in [-0.2, -0.15) is 13.2 Å². The Hall–Kier alpha value is -0.0800. The highest BCUT2D eigenvalue weighted by atomic mass is 79.9. The molecular weight excluding hydrogens is 406 g/mol. The second kappa shape index (κ2) is 9.93. The van der Waals surface area contributed by atoms with E-state index >= 15 is 0 Å². The van der Waals surface area contributed by atoms with Crippen molar-refractivity contribution in [3.63, 3.8) is 0 Å². The standard InChI is InChI=1S/C13H17BrF3N3.2ClH/c14-12-10(2-1-5-19-12)11(3-4-13(15,16)17)20-8-6-18-7-9-20;;/h1-2,5,11,18H,3-4,6-9H2;2*1H/t11-;;/m0../s1. The first-order chi connectivity index (χ1) is 9.47. The van der Waals surface area contributed by atoms with Crippen molar-refractivity contribution in [1.29, 1.82) is 0 Å². The molecule has 2 heterocycles. The van der Waals surface area contributed by atoms with Crippen molar-refractivity contribution in [3.8, 4) is 0 Å². The first-order valence-corrected chi connectivity index (χ1v) is 7.38. The van der Waals surface area contributed by atoms with E-state index in [4.69, 9.17) is 0 Å². The molecule has 0 spiro atoms. The van der Waals surface area contributed by atoms with Crippen molar-refractivity contribution in [2.75, 3.05) is 26.2 Å². The van der Waals surface area contributed by atoms with E-state index in [0.717, 1.165) is 31.7 Å². The average Bonchev–Trinajstić information content (AvgIpc) is 2.41. The minimum atomic E-state index is -4.12. The van der Waals surface area contributed by atoms with Gasteiger partial charge in [0.1, 0.15) is 4.60 Å². The smallest absolute Gasteiger partial charge is 0.314 e. The third kappa shape index (κ3) is 6.58. The minimum absolute atomic E-state index is 0. The van der Waals surface area contributed by atoms with E-state index in [9.17, 15) is 13.2 Å². The summed E-state index contributed by atoms with van der Waals surface area (Å²) in [5.41, 5.74) is 0.832. The van der Waals surface area contributed by atoms with E-state index in [1.165, 1.54) is 0 Å². The fourth-order valence-electron chi connectivity index (χ4n) is 2.48. The van der Waals surface area contributed by atoms with Crippen LogP contribution in [-0.4, -0.2) is 42.2 Å². The van der Waals surface area contributed by atoms with Gasteiger partial charge in [-0.3, -0.25) is 4.90 Å². The summed E-state index contributed by atoms with van der Waals surface area (Å²) < 4.78 is 38.3. The van der Waals surface area contributed by atoms with Crippen molar-refractivity contribution in [3.05, 3.63) is 28.5 Å². The molecule has 0 aliphatic carbocycles. The number of aromatic nitrogens is 1. The summed E-state index contributed by atoms with van der Waals surface area (Å²) in [4.78, 5) is 6.23. The molecule has 1 saturated heterocycles. The number of rotatable bonds is 4. The molecule has 1 atom stereocenters. The van der Waals surface area contributed by atoms with Crippen LogP contribution in [0.5, 0.6) is 0 Å². The number of hydrogen-bond donors (Lipinski definition) is 1. The molecule has 0 amide bonds. The van der Waals surface area contributed by atoms with Gasteiger partial charge in [-0.05, 0) is 28.4 Å². The van der Waals surface area contributed by atoms with Crippen LogP contribution in [0, 0.1) is 0 Å². The van der Waals surface area contributed by atoms with Crippen molar-refractivity contribution in [2.45, 2.75) is 25.1 Å². The van der Waals surface area contributed by atoms with Gasteiger partial charge < -0.3 is 5.32 Å². The zero-order chi connectivity index (χ0) is 14.6. The highest BCUT2D eigenvalue weighted by molar-refractivity contribution is 9.10. The van der Waals surface area contributed by atoms with Crippen molar-refractivity contribution >= 4 is 40.7 Å². The third-order valence-corrected chi connectivity index (χ3v) is 4.10. The molecule has 0 radical (unpaired) electrons. The van der Waals surface area contributed by atoms with Crippen LogP contribution in [0.25, 0.3) is 0 Å². The number of nitrogens with one attached hydrogen (secondary N) is 1. The molecule has 0 aromatic carbocycles. The number of halogens is 6. The van der Waals surface area contributed by atoms with Crippen LogP contribution >= 0.6 is 40.7 Å². The number of nitrogens with zero attached hydrogens (tertiary/aromatic N) is 2. The Morgan fingerprint density at radius 3 is 2.45 bits per heavy atom. The second-order valence-electron chi connectivity index (χ2n) is 4.84. The maximum absolute atomic E-state index is 12.5. The van der Waals surface area contributed by atoms with Crippen molar-refractivity contribution in [2.24, 2.45) is 0 Å². The van der Waals surface area contributed by atoms with Crippen LogP contribution in [0.2, 0.25) is 0 Å². The molecule has 22 heavy (non-hydrogen) atoms. The molecule has 0 saturated carbocycles. The monoisotopic (exact) mass is 423 g/mol. The summed E-state index contributed by atoms with van der Waals surface area (Å²) in [5.74, 6) is 0. The van der Waals surface area contributed by atoms with Gasteiger partial charge >= 0.3 is 6.18 Å². The number of piperazine rings is 1. The maximum Gasteiger partial charge on any atom is 0.389 e. The lowest BCUT2D eigenvalue weighted by atomic mass is 10.0. The van der Waals surface area contributed by atoms with Gasteiger partial charge in [-0.25, -0.2) is 4.98 Å². The fraction of sp³-hybridized carbons (Fsp3) is 0.615. The predicted molar refractivity (Wildman–Crippen MR) is 88.9 cm³/mol. The van der Waals surface area contributed by atoms with Crippen LogP contribution in [0.4, 0.5) is 13.2 Å². The summed E-state index contributed by atoms with van der Waals surface area (Å²) in [5, 5.41) is 3.22. The molecule has 1 aliphatic heterocycles. The summed E-state index contributed by atoms with van der Waals surface area (Å²) in [6.45, 7) is 3.12. The molecule has 9 heteroatoms. The van der Waals surface area contributed by atoms with Crippen LogP contribution in [0.15, 0.2) is 22.9 Å². The SMILES string of the molecule is Cl.Cl.FC(F)(F)CC[C@@H](c1cccnc1Br)N1CCNCC1. The minimum Gasteiger partial charge on any atom is -0.314 e. The third-order valence-electron chi connectivity index (χ3n) is 3.44. The molecule has 2 rings (SSSR count). The maximum atomic E-state index is 12.5. The second-order valence-corrected chi connectivity index (χ2v) is 5.59. The van der Waals surface area contributed by atoms with Gasteiger partial charge in [-0.15, -0.1) is 24.8 Å². The number of hydrogen-bond acceptors (Lipinski definition) is 3. The summed E-state index contributed by atoms with van der Waals surface area (Å²) in [6.07, 6.45) is -3.20. The van der Waals surface area contributed by atoms with E-state index < -0.39 is 12.6 Å². The fourth-order valence-corrected chi connectivity index (χ4v) is 2.99. The Morgan fingerprint density at radius 2 is 1.91 bits per heavy atom. The average molecular weight is 425 g/mol. The normalized spacial score (nSPS) is 17.3. The largest absolute Gasteiger partial charge is 0.389 e. The summed E-state index contributed by atoms with van der Waals surface area (Å²) >= 11 is 3.35. The van der Waals surface area contributed by atoms with Gasteiger partial charge in [0.15, 0.2) is 0 Å². The van der Waals surface area contributed by atoms with E-state index in [-0.39, 0.29) is 37.3 Å². The van der Waals surface area contributed by atoms with Crippen LogP contribution in [0.3, 0.4) is 0 Å². The molecule has 0 unspecified atom stereocenters. The number of pyridine rings is 1. The molecule has 1 N–H and O–H groups in total. The zero-order valence-electron chi connectivity index (χ0n) is 11.8. The molecule has 1 aromatic rings. The topological polar surface area (TPSA) is 28.2 Å². The Bertz CT molecular complexity index is 443. The Morgan fingerprint density at radius 1 is 1.27 bits per heavy atom. The van der Waals surface area contributed by atoms with Crippen LogP contribution in [0.1, 0.15) is 24.4 Å². The zero-order valence-corrected chi connectivity index (χ0v) is 15.0. The quantitative estimate of drug-likeness (QED) is 0.741. The summed E-state index contributed by atoms with van der Waals surface area (Å²) in [6, 6.07) is 3.37. The Balaban J connectivity index is 0.00000220. The molecule has 1 aliphatic rings. The lowest BCUT2D eigenvalue weighted by molar-refractivity contribution is -0.138.